The van der Waals surface area contributed by atoms with Crippen LogP contribution in [-0.2, 0) is 0 Å². The number of fused-ring (bicyclic) bond motifs is 4. The molecule has 0 radical (unpaired) electrons. The van der Waals surface area contributed by atoms with Crippen molar-refractivity contribution in [2.75, 3.05) is 0 Å². The van der Waals surface area contributed by atoms with Crippen molar-refractivity contribution in [3.05, 3.63) is 139 Å². The summed E-state index contributed by atoms with van der Waals surface area (Å²) >= 11 is 0. The molecule has 3 heterocycles. The van der Waals surface area contributed by atoms with E-state index in [0.717, 1.165) is 66.8 Å². The molecule has 8 rings (SSSR count). The molecule has 0 amide bonds. The summed E-state index contributed by atoms with van der Waals surface area (Å²) in [7, 11) is 0. The van der Waals surface area contributed by atoms with Gasteiger partial charge in [-0.25, -0.2) is 9.97 Å². The third-order valence-electron chi connectivity index (χ3n) is 8.13. The van der Waals surface area contributed by atoms with Crippen molar-refractivity contribution in [3.63, 3.8) is 0 Å². The van der Waals surface area contributed by atoms with Crippen LogP contribution in [0.15, 0.2) is 132 Å². The quantitative estimate of drug-likeness (QED) is 0.223. The molecule has 0 saturated heterocycles. The average Bonchev–Trinajstić information content (AvgIpc) is 3.60. The summed E-state index contributed by atoms with van der Waals surface area (Å²) < 4.78 is 8.88. The Morgan fingerprint density at radius 2 is 1.29 bits per heavy atom. The Kier molecular flexibility index (Phi) is 5.54. The Labute approximate surface area is 243 Å². The number of hydrogen-bond acceptors (Lipinski definition) is 3. The molecule has 200 valence electrons. The molecule has 0 aliphatic rings. The fraction of sp³-hybridized carbons (Fsp3) is 0.0526. The number of hydrogen-bond donors (Lipinski definition) is 0. The molecule has 0 saturated carbocycles. The molecular weight excluding hydrogens is 514 g/mol. The molecule has 0 N–H and O–H groups in total. The summed E-state index contributed by atoms with van der Waals surface area (Å²) in [5, 5.41) is 2.02. The SMILES string of the molecule is Cc1cccc(C)c1-c1ccc2c(n1)oc1c(-c3nc4ccccc4n3-c3ccccc3-c3ccccc3)cccc12. The van der Waals surface area contributed by atoms with E-state index in [1.165, 1.54) is 11.1 Å². The highest BCUT2D eigenvalue weighted by Gasteiger charge is 2.22. The molecule has 0 aliphatic carbocycles. The Hall–Kier alpha value is -5.48. The Morgan fingerprint density at radius 1 is 0.571 bits per heavy atom. The molecule has 0 spiro atoms. The standard InChI is InChI=1S/C38H27N3O/c1-24-12-10-13-25(2)35(24)32-23-22-29-28-17-11-18-30(36(28)42-38(29)40-32)37-39-31-19-7-9-21-34(31)41(37)33-20-8-6-16-27(33)26-14-4-3-5-15-26/h3-23H,1-2H3. The van der Waals surface area contributed by atoms with Crippen LogP contribution >= 0.6 is 0 Å². The number of pyridine rings is 1. The second-order valence-electron chi connectivity index (χ2n) is 10.7. The summed E-state index contributed by atoms with van der Waals surface area (Å²) in [6.45, 7) is 4.26. The second-order valence-corrected chi connectivity index (χ2v) is 10.7. The van der Waals surface area contributed by atoms with Gasteiger partial charge in [0.05, 0.1) is 28.0 Å². The summed E-state index contributed by atoms with van der Waals surface area (Å²) in [4.78, 5) is 10.2. The molecular formula is C38H27N3O. The van der Waals surface area contributed by atoms with Crippen LogP contribution < -0.4 is 0 Å². The van der Waals surface area contributed by atoms with Gasteiger partial charge in [0.25, 0.3) is 0 Å². The van der Waals surface area contributed by atoms with Crippen molar-refractivity contribution in [3.8, 4) is 39.5 Å². The van der Waals surface area contributed by atoms with Crippen LogP contribution in [0.4, 0.5) is 0 Å². The number of imidazole rings is 1. The van der Waals surface area contributed by atoms with Gasteiger partial charge in [-0.15, -0.1) is 0 Å². The van der Waals surface area contributed by atoms with Crippen LogP contribution in [0, 0.1) is 13.8 Å². The predicted molar refractivity (Wildman–Crippen MR) is 172 cm³/mol. The lowest BCUT2D eigenvalue weighted by Gasteiger charge is -2.15. The van der Waals surface area contributed by atoms with Gasteiger partial charge in [-0.1, -0.05) is 91.0 Å². The summed E-state index contributed by atoms with van der Waals surface area (Å²) in [5.41, 5.74) is 12.1. The largest absolute Gasteiger partial charge is 0.437 e. The van der Waals surface area contributed by atoms with Crippen LogP contribution in [0.1, 0.15) is 11.1 Å². The zero-order valence-electron chi connectivity index (χ0n) is 23.4. The fourth-order valence-corrected chi connectivity index (χ4v) is 6.19. The molecule has 42 heavy (non-hydrogen) atoms. The minimum atomic E-state index is 0.630. The molecule has 4 heteroatoms. The number of nitrogens with zero attached hydrogens (tertiary/aromatic N) is 3. The lowest BCUT2D eigenvalue weighted by molar-refractivity contribution is 0.655. The van der Waals surface area contributed by atoms with Crippen LogP contribution in [0.5, 0.6) is 0 Å². The van der Waals surface area contributed by atoms with Gasteiger partial charge >= 0.3 is 0 Å². The number of para-hydroxylation sites is 4. The topological polar surface area (TPSA) is 43.9 Å². The van der Waals surface area contributed by atoms with Gasteiger partial charge < -0.3 is 4.42 Å². The van der Waals surface area contributed by atoms with Crippen molar-refractivity contribution >= 4 is 33.1 Å². The Bertz CT molecular complexity index is 2250. The van der Waals surface area contributed by atoms with Crippen molar-refractivity contribution in [1.29, 1.82) is 0 Å². The van der Waals surface area contributed by atoms with E-state index in [1.807, 2.05) is 12.1 Å². The number of rotatable bonds is 4. The van der Waals surface area contributed by atoms with Gasteiger partial charge in [0.15, 0.2) is 0 Å². The lowest BCUT2D eigenvalue weighted by Crippen LogP contribution is -2.00. The maximum absolute atomic E-state index is 6.62. The first-order chi connectivity index (χ1) is 20.7. The zero-order valence-corrected chi connectivity index (χ0v) is 23.4. The molecule has 0 fully saturated rings. The van der Waals surface area contributed by atoms with E-state index in [4.69, 9.17) is 14.4 Å². The second kappa shape index (κ2) is 9.57. The van der Waals surface area contributed by atoms with Crippen molar-refractivity contribution in [1.82, 2.24) is 14.5 Å². The molecule has 4 nitrogen and oxygen atoms in total. The van der Waals surface area contributed by atoms with Crippen LogP contribution in [0.25, 0.3) is 72.6 Å². The first-order valence-corrected chi connectivity index (χ1v) is 14.2. The van der Waals surface area contributed by atoms with E-state index >= 15 is 0 Å². The Morgan fingerprint density at radius 3 is 2.14 bits per heavy atom. The van der Waals surface area contributed by atoms with Gasteiger partial charge in [0.2, 0.25) is 5.71 Å². The van der Waals surface area contributed by atoms with Crippen molar-refractivity contribution in [2.24, 2.45) is 0 Å². The third-order valence-corrected chi connectivity index (χ3v) is 8.13. The molecule has 5 aromatic carbocycles. The van der Waals surface area contributed by atoms with Gasteiger partial charge in [-0.3, -0.25) is 4.57 Å². The monoisotopic (exact) mass is 541 g/mol. The average molecular weight is 542 g/mol. The molecule has 3 aromatic heterocycles. The lowest BCUT2D eigenvalue weighted by atomic mass is 9.99. The minimum Gasteiger partial charge on any atom is -0.437 e. The van der Waals surface area contributed by atoms with Crippen molar-refractivity contribution in [2.45, 2.75) is 13.8 Å². The summed E-state index contributed by atoms with van der Waals surface area (Å²) in [6.07, 6.45) is 0. The van der Waals surface area contributed by atoms with Gasteiger partial charge in [-0.2, -0.15) is 0 Å². The normalized spacial score (nSPS) is 11.6. The highest BCUT2D eigenvalue weighted by Crippen LogP contribution is 2.40. The van der Waals surface area contributed by atoms with Crippen molar-refractivity contribution < 1.29 is 4.42 Å². The van der Waals surface area contributed by atoms with E-state index in [2.05, 4.69) is 134 Å². The van der Waals surface area contributed by atoms with Gasteiger partial charge in [0.1, 0.15) is 11.4 Å². The van der Waals surface area contributed by atoms with E-state index in [0.29, 0.717) is 5.71 Å². The number of aryl methyl sites for hydroxylation is 2. The predicted octanol–water partition coefficient (Wildman–Crippen LogP) is 9.94. The van der Waals surface area contributed by atoms with E-state index in [9.17, 15) is 0 Å². The van der Waals surface area contributed by atoms with E-state index in [-0.39, 0.29) is 0 Å². The zero-order chi connectivity index (χ0) is 28.2. The first kappa shape index (κ1) is 24.3. The molecule has 0 bridgehead atoms. The van der Waals surface area contributed by atoms with E-state index < -0.39 is 0 Å². The molecule has 0 unspecified atom stereocenters. The fourth-order valence-electron chi connectivity index (χ4n) is 6.19. The Balaban J connectivity index is 1.39. The van der Waals surface area contributed by atoms with Gasteiger partial charge in [0, 0.05) is 21.9 Å². The molecule has 0 atom stereocenters. The van der Waals surface area contributed by atoms with Crippen LogP contribution in [-0.4, -0.2) is 14.5 Å². The number of benzene rings is 5. The van der Waals surface area contributed by atoms with Crippen LogP contribution in [0.2, 0.25) is 0 Å². The van der Waals surface area contributed by atoms with E-state index in [1.54, 1.807) is 0 Å². The molecule has 0 aliphatic heterocycles. The number of aromatic nitrogens is 3. The maximum atomic E-state index is 6.62. The number of furan rings is 1. The van der Waals surface area contributed by atoms with Crippen LogP contribution in [0.3, 0.4) is 0 Å². The molecule has 8 aromatic rings. The third kappa shape index (κ3) is 3.76. The minimum absolute atomic E-state index is 0.630. The summed E-state index contributed by atoms with van der Waals surface area (Å²) in [5.74, 6) is 0.833. The highest BCUT2D eigenvalue weighted by molar-refractivity contribution is 6.09. The smallest absolute Gasteiger partial charge is 0.227 e. The highest BCUT2D eigenvalue weighted by atomic mass is 16.3. The van der Waals surface area contributed by atoms with Gasteiger partial charge in [-0.05, 0) is 66.9 Å². The summed E-state index contributed by atoms with van der Waals surface area (Å²) in [6, 6.07) is 44.2. The first-order valence-electron chi connectivity index (χ1n) is 14.2. The maximum Gasteiger partial charge on any atom is 0.227 e.